The van der Waals surface area contributed by atoms with E-state index >= 15 is 0 Å². The fourth-order valence-corrected chi connectivity index (χ4v) is 1.32. The molecule has 15 heavy (non-hydrogen) atoms. The lowest BCUT2D eigenvalue weighted by molar-refractivity contribution is 0.0588. The Labute approximate surface area is 90.0 Å². The Morgan fingerprint density at radius 1 is 1.60 bits per heavy atom. The maximum Gasteiger partial charge on any atom is 0.339 e. The van der Waals surface area contributed by atoms with Crippen LogP contribution < -0.4 is 0 Å². The van der Waals surface area contributed by atoms with Crippen molar-refractivity contribution >= 4 is 17.6 Å². The maximum absolute atomic E-state index is 12.6. The number of hydrogen-bond acceptors (Lipinski definition) is 3. The monoisotopic (exact) mass is 235 g/mol. The van der Waals surface area contributed by atoms with Crippen LogP contribution in [0.1, 0.15) is 28.0 Å². The second-order valence-corrected chi connectivity index (χ2v) is 3.16. The van der Waals surface area contributed by atoms with E-state index in [2.05, 4.69) is 9.72 Å². The lowest BCUT2D eigenvalue weighted by Gasteiger charge is -2.09. The van der Waals surface area contributed by atoms with Crippen LogP contribution in [0.5, 0.6) is 0 Å². The highest BCUT2D eigenvalue weighted by Crippen LogP contribution is 2.31. The zero-order chi connectivity index (χ0) is 11.6. The number of carbonyl (C=O) groups excluding carboxylic acids is 1. The molecule has 0 N–H and O–H groups in total. The van der Waals surface area contributed by atoms with Gasteiger partial charge in [-0.1, -0.05) is 11.6 Å². The van der Waals surface area contributed by atoms with Crippen molar-refractivity contribution in [3.63, 3.8) is 0 Å². The fraction of sp³-hybridized carbons (Fsp3) is 0.333. The number of aromatic nitrogens is 1. The van der Waals surface area contributed by atoms with Crippen molar-refractivity contribution in [2.45, 2.75) is 13.3 Å². The molecule has 6 heteroatoms. The van der Waals surface area contributed by atoms with Gasteiger partial charge >= 0.3 is 5.97 Å². The van der Waals surface area contributed by atoms with E-state index in [1.807, 2.05) is 0 Å². The first-order valence-corrected chi connectivity index (χ1v) is 4.38. The van der Waals surface area contributed by atoms with E-state index < -0.39 is 18.0 Å². The number of methoxy groups -OCH3 is 1. The molecule has 0 saturated heterocycles. The molecule has 0 saturated carbocycles. The molecule has 0 bridgehead atoms. The number of rotatable bonds is 2. The fourth-order valence-electron chi connectivity index (χ4n) is 1.09. The summed E-state index contributed by atoms with van der Waals surface area (Å²) in [6, 6.07) is 0. The summed E-state index contributed by atoms with van der Waals surface area (Å²) < 4.78 is 29.6. The average Bonchev–Trinajstić information content (AvgIpc) is 2.20. The maximum atomic E-state index is 12.6. The van der Waals surface area contributed by atoms with Gasteiger partial charge in [0.15, 0.2) is 0 Å². The number of hydrogen-bond donors (Lipinski definition) is 0. The van der Waals surface area contributed by atoms with Crippen LogP contribution in [0.4, 0.5) is 8.78 Å². The summed E-state index contributed by atoms with van der Waals surface area (Å²) in [6.45, 7) is 1.48. The molecule has 1 heterocycles. The number of halogens is 3. The molecule has 0 amide bonds. The van der Waals surface area contributed by atoms with Crippen molar-refractivity contribution in [2.75, 3.05) is 7.11 Å². The molecular formula is C9H8ClF2NO2. The molecule has 0 unspecified atom stereocenters. The first kappa shape index (κ1) is 11.8. The van der Waals surface area contributed by atoms with Gasteiger partial charge in [-0.15, -0.1) is 0 Å². The minimum absolute atomic E-state index is 0.201. The highest BCUT2D eigenvalue weighted by molar-refractivity contribution is 6.32. The predicted molar refractivity (Wildman–Crippen MR) is 50.3 cm³/mol. The Kier molecular flexibility index (Phi) is 3.57. The standard InChI is InChI=1S/C9H8ClF2NO2/c1-4-7(10)6(8(11)12)5(3-13-4)9(14)15-2/h3,8H,1-2H3. The quantitative estimate of drug-likeness (QED) is 0.740. The number of carbonyl (C=O) groups is 1. The molecule has 1 rings (SSSR count). The van der Waals surface area contributed by atoms with Gasteiger partial charge in [0.05, 0.1) is 29.0 Å². The third kappa shape index (κ3) is 2.23. The van der Waals surface area contributed by atoms with E-state index in [1.165, 1.54) is 6.92 Å². The van der Waals surface area contributed by atoms with Crippen LogP contribution in [0.25, 0.3) is 0 Å². The van der Waals surface area contributed by atoms with Crippen LogP contribution in [0.3, 0.4) is 0 Å². The van der Waals surface area contributed by atoms with Crippen LogP contribution in [0.2, 0.25) is 5.02 Å². The second kappa shape index (κ2) is 4.53. The predicted octanol–water partition coefficient (Wildman–Crippen LogP) is 2.77. The Bertz CT molecular complexity index is 396. The van der Waals surface area contributed by atoms with Crippen molar-refractivity contribution in [3.05, 3.63) is 28.0 Å². The lowest BCUT2D eigenvalue weighted by Crippen LogP contribution is -2.08. The van der Waals surface area contributed by atoms with Gasteiger partial charge in [-0.2, -0.15) is 0 Å². The van der Waals surface area contributed by atoms with Gasteiger partial charge in [-0.25, -0.2) is 13.6 Å². The van der Waals surface area contributed by atoms with Gasteiger partial charge in [0, 0.05) is 6.20 Å². The Morgan fingerprint density at radius 2 is 2.20 bits per heavy atom. The van der Waals surface area contributed by atoms with Gasteiger partial charge in [-0.05, 0) is 6.92 Å². The highest BCUT2D eigenvalue weighted by atomic mass is 35.5. The number of nitrogens with zero attached hydrogens (tertiary/aromatic N) is 1. The molecule has 0 spiro atoms. The van der Waals surface area contributed by atoms with Crippen LogP contribution in [-0.2, 0) is 4.74 Å². The zero-order valence-corrected chi connectivity index (χ0v) is 8.81. The summed E-state index contributed by atoms with van der Waals surface area (Å²) in [5.74, 6) is -0.875. The lowest BCUT2D eigenvalue weighted by atomic mass is 10.1. The smallest absolute Gasteiger partial charge is 0.339 e. The minimum Gasteiger partial charge on any atom is -0.465 e. The normalized spacial score (nSPS) is 10.5. The molecule has 0 aromatic carbocycles. The van der Waals surface area contributed by atoms with Gasteiger partial charge < -0.3 is 4.74 Å². The van der Waals surface area contributed by atoms with E-state index in [0.29, 0.717) is 0 Å². The van der Waals surface area contributed by atoms with Gasteiger partial charge in [0.1, 0.15) is 0 Å². The summed E-state index contributed by atoms with van der Waals surface area (Å²) in [4.78, 5) is 14.9. The van der Waals surface area contributed by atoms with Gasteiger partial charge in [-0.3, -0.25) is 4.98 Å². The van der Waals surface area contributed by atoms with Crippen LogP contribution in [-0.4, -0.2) is 18.1 Å². The van der Waals surface area contributed by atoms with Crippen molar-refractivity contribution in [1.29, 1.82) is 0 Å². The minimum atomic E-state index is -2.84. The largest absolute Gasteiger partial charge is 0.465 e. The van der Waals surface area contributed by atoms with Crippen LogP contribution in [0.15, 0.2) is 6.20 Å². The molecule has 0 aliphatic heterocycles. The second-order valence-electron chi connectivity index (χ2n) is 2.78. The van der Waals surface area contributed by atoms with E-state index in [4.69, 9.17) is 11.6 Å². The molecule has 82 valence electrons. The summed E-state index contributed by atoms with van der Waals surface area (Å²) in [6.07, 6.45) is -1.80. The molecule has 0 atom stereocenters. The van der Waals surface area contributed by atoms with Crippen LogP contribution >= 0.6 is 11.6 Å². The number of aryl methyl sites for hydroxylation is 1. The molecule has 0 fully saturated rings. The van der Waals surface area contributed by atoms with E-state index in [1.54, 1.807) is 0 Å². The van der Waals surface area contributed by atoms with E-state index in [-0.39, 0.29) is 16.3 Å². The number of ether oxygens (including phenoxy) is 1. The highest BCUT2D eigenvalue weighted by Gasteiger charge is 2.24. The van der Waals surface area contributed by atoms with E-state index in [0.717, 1.165) is 13.3 Å². The van der Waals surface area contributed by atoms with Gasteiger partial charge in [0.2, 0.25) is 0 Å². The average molecular weight is 236 g/mol. The number of alkyl halides is 2. The van der Waals surface area contributed by atoms with Crippen molar-refractivity contribution in [1.82, 2.24) is 4.98 Å². The molecule has 0 aliphatic rings. The van der Waals surface area contributed by atoms with Crippen molar-refractivity contribution in [2.24, 2.45) is 0 Å². The molecule has 1 aromatic rings. The third-order valence-electron chi connectivity index (χ3n) is 1.86. The van der Waals surface area contributed by atoms with Crippen molar-refractivity contribution in [3.8, 4) is 0 Å². The summed E-state index contributed by atoms with van der Waals surface area (Å²) in [5.41, 5.74) is -0.585. The zero-order valence-electron chi connectivity index (χ0n) is 8.05. The summed E-state index contributed by atoms with van der Waals surface area (Å²) in [5, 5.41) is -0.201. The molecule has 3 nitrogen and oxygen atoms in total. The van der Waals surface area contributed by atoms with Gasteiger partial charge in [0.25, 0.3) is 6.43 Å². The first-order chi connectivity index (χ1) is 6.99. The van der Waals surface area contributed by atoms with Crippen molar-refractivity contribution < 1.29 is 18.3 Å². The summed E-state index contributed by atoms with van der Waals surface area (Å²) >= 11 is 5.64. The Balaban J connectivity index is 3.40. The van der Waals surface area contributed by atoms with Crippen LogP contribution in [0, 0.1) is 6.92 Å². The number of pyridine rings is 1. The Hall–Kier alpha value is -1.23. The third-order valence-corrected chi connectivity index (χ3v) is 2.33. The summed E-state index contributed by atoms with van der Waals surface area (Å²) in [7, 11) is 1.10. The molecular weight excluding hydrogens is 228 g/mol. The number of esters is 1. The Morgan fingerprint density at radius 3 is 2.67 bits per heavy atom. The topological polar surface area (TPSA) is 39.2 Å². The van der Waals surface area contributed by atoms with E-state index in [9.17, 15) is 13.6 Å². The molecule has 1 aromatic heterocycles. The molecule has 0 aliphatic carbocycles. The first-order valence-electron chi connectivity index (χ1n) is 4.00. The SMILES string of the molecule is COC(=O)c1cnc(C)c(Cl)c1C(F)F. The molecule has 0 radical (unpaired) electrons.